The summed E-state index contributed by atoms with van der Waals surface area (Å²) in [5.74, 6) is 0. The van der Waals surface area contributed by atoms with Gasteiger partial charge in [-0.15, -0.1) is 0 Å². The van der Waals surface area contributed by atoms with Crippen molar-refractivity contribution >= 4 is 0 Å². The van der Waals surface area contributed by atoms with Gasteiger partial charge in [-0.2, -0.15) is 19.3 Å². The molecule has 0 aromatic rings. The van der Waals surface area contributed by atoms with E-state index in [-0.39, 0.29) is 31.3 Å². The molecule has 2 heteroatoms. The Morgan fingerprint density at radius 2 is 0.727 bits per heavy atom. The van der Waals surface area contributed by atoms with E-state index in [1.165, 1.54) is 0 Å². The summed E-state index contributed by atoms with van der Waals surface area (Å²) in [7, 11) is 0. The molecule has 0 unspecified atom stereocenters. The SMILES string of the molecule is O.[CH2-]CC.[CH2-]CC.[CH2-]CC.[Hf]. The van der Waals surface area contributed by atoms with Crippen LogP contribution < -0.4 is 0 Å². The van der Waals surface area contributed by atoms with E-state index in [2.05, 4.69) is 20.8 Å². The summed E-state index contributed by atoms with van der Waals surface area (Å²) in [4.78, 5) is 0. The normalized spacial score (nSPS) is 4.91. The van der Waals surface area contributed by atoms with Crippen LogP contribution in [-0.4, -0.2) is 5.48 Å². The van der Waals surface area contributed by atoms with E-state index >= 15 is 0 Å². The first-order valence-electron chi connectivity index (χ1n) is 3.62. The number of rotatable bonds is 0. The van der Waals surface area contributed by atoms with Gasteiger partial charge in [0.25, 0.3) is 0 Å². The van der Waals surface area contributed by atoms with Crippen molar-refractivity contribution in [2.24, 2.45) is 0 Å². The van der Waals surface area contributed by atoms with Crippen molar-refractivity contribution < 1.29 is 31.3 Å². The van der Waals surface area contributed by atoms with Gasteiger partial charge in [-0.25, -0.2) is 0 Å². The van der Waals surface area contributed by atoms with Crippen LogP contribution in [0.15, 0.2) is 0 Å². The van der Waals surface area contributed by atoms with Gasteiger partial charge < -0.3 is 26.2 Å². The second-order valence-corrected chi connectivity index (χ2v) is 1.50. The van der Waals surface area contributed by atoms with E-state index in [0.29, 0.717) is 0 Å². The molecule has 0 aliphatic heterocycles. The summed E-state index contributed by atoms with van der Waals surface area (Å²) in [5.41, 5.74) is 0. The molecule has 0 aromatic heterocycles. The summed E-state index contributed by atoms with van der Waals surface area (Å²) in [6.07, 6.45) is 3.00. The second-order valence-electron chi connectivity index (χ2n) is 1.50. The van der Waals surface area contributed by atoms with Gasteiger partial charge in [0.2, 0.25) is 0 Å². The molecule has 0 aliphatic rings. The van der Waals surface area contributed by atoms with Crippen LogP contribution in [0, 0.1) is 20.8 Å². The molecule has 2 N–H and O–H groups in total. The van der Waals surface area contributed by atoms with E-state index in [0.717, 1.165) is 19.3 Å². The maximum absolute atomic E-state index is 3.49. The molecule has 0 bridgehead atoms. The van der Waals surface area contributed by atoms with Crippen molar-refractivity contribution in [3.8, 4) is 0 Å². The largest absolute Gasteiger partial charge is 0.412 e. The van der Waals surface area contributed by atoms with Gasteiger partial charge in [0.15, 0.2) is 0 Å². The predicted molar refractivity (Wildman–Crippen MR) is 50.6 cm³/mol. The molecule has 11 heavy (non-hydrogen) atoms. The maximum Gasteiger partial charge on any atom is 0 e. The van der Waals surface area contributed by atoms with Crippen LogP contribution in [0.2, 0.25) is 0 Å². The monoisotopic (exact) mass is 327 g/mol. The van der Waals surface area contributed by atoms with E-state index in [4.69, 9.17) is 0 Å². The van der Waals surface area contributed by atoms with Gasteiger partial charge in [-0.1, -0.05) is 20.8 Å². The van der Waals surface area contributed by atoms with Crippen molar-refractivity contribution in [3.63, 3.8) is 0 Å². The van der Waals surface area contributed by atoms with Crippen molar-refractivity contribution in [1.82, 2.24) is 0 Å². The quantitative estimate of drug-likeness (QED) is 0.484. The molecular formula is C9H23HfO-3. The van der Waals surface area contributed by atoms with Crippen LogP contribution in [-0.2, 0) is 25.8 Å². The predicted octanol–water partition coefficient (Wildman–Crippen LogP) is 2.86. The van der Waals surface area contributed by atoms with Gasteiger partial charge in [0.1, 0.15) is 0 Å². The van der Waals surface area contributed by atoms with Crippen molar-refractivity contribution in [2.75, 3.05) is 0 Å². The third kappa shape index (κ3) is 1230. The standard InChI is InChI=1S/3C3H7.Hf.H2O/c3*1-3-2;;/h3*1,3H2,2H3;;1H2/q3*-1;;. The Morgan fingerprint density at radius 1 is 0.727 bits per heavy atom. The first-order chi connectivity index (χ1) is 4.24. The topological polar surface area (TPSA) is 31.5 Å². The molecule has 0 saturated carbocycles. The van der Waals surface area contributed by atoms with Crippen molar-refractivity contribution in [3.05, 3.63) is 20.8 Å². The third-order valence-corrected chi connectivity index (χ3v) is 0. The first-order valence-corrected chi connectivity index (χ1v) is 3.62. The maximum atomic E-state index is 3.49. The summed E-state index contributed by atoms with van der Waals surface area (Å²) in [5, 5.41) is 0. The van der Waals surface area contributed by atoms with E-state index in [1.807, 2.05) is 20.8 Å². The third-order valence-electron chi connectivity index (χ3n) is 0. The molecule has 0 spiro atoms. The van der Waals surface area contributed by atoms with Crippen LogP contribution in [0.25, 0.3) is 0 Å². The molecule has 0 saturated heterocycles. The van der Waals surface area contributed by atoms with Gasteiger partial charge in [0.05, 0.1) is 0 Å². The van der Waals surface area contributed by atoms with E-state index < -0.39 is 0 Å². The Labute approximate surface area is 92.1 Å². The molecule has 0 amide bonds. The minimum absolute atomic E-state index is 0. The molecule has 72 valence electrons. The van der Waals surface area contributed by atoms with E-state index in [1.54, 1.807) is 0 Å². The molecular weight excluding hydrogens is 303 g/mol. The summed E-state index contributed by atoms with van der Waals surface area (Å²) in [6.45, 7) is 16.5. The Hall–Kier alpha value is 0.830. The van der Waals surface area contributed by atoms with Gasteiger partial charge >= 0.3 is 0 Å². The smallest absolute Gasteiger partial charge is 0 e. The fraction of sp³-hybridized carbons (Fsp3) is 0.667. The zero-order valence-corrected chi connectivity index (χ0v) is 11.8. The minimum Gasteiger partial charge on any atom is -0.412 e. The molecule has 0 aromatic carbocycles. The Bertz CT molecular complexity index is 14.3. The van der Waals surface area contributed by atoms with Crippen LogP contribution in [0.3, 0.4) is 0 Å². The summed E-state index contributed by atoms with van der Waals surface area (Å²) in [6, 6.07) is 0. The molecule has 0 fully saturated rings. The van der Waals surface area contributed by atoms with E-state index in [9.17, 15) is 0 Å². The number of hydrogen-bond donors (Lipinski definition) is 0. The second kappa shape index (κ2) is 71.3. The average molecular weight is 326 g/mol. The average Bonchev–Trinajstić information content (AvgIpc) is 1.70. The van der Waals surface area contributed by atoms with Crippen LogP contribution in [0.1, 0.15) is 40.0 Å². The molecule has 0 aliphatic carbocycles. The fourth-order valence-corrected chi connectivity index (χ4v) is 0. The summed E-state index contributed by atoms with van der Waals surface area (Å²) >= 11 is 0. The Morgan fingerprint density at radius 3 is 0.727 bits per heavy atom. The van der Waals surface area contributed by atoms with Gasteiger partial charge in [0, 0.05) is 25.8 Å². The number of hydrogen-bond acceptors (Lipinski definition) is 0. The molecule has 0 heterocycles. The molecule has 0 atom stereocenters. The molecule has 0 rings (SSSR count). The zero-order chi connectivity index (χ0) is 8.12. The molecule has 1 nitrogen and oxygen atoms in total. The zero-order valence-electron chi connectivity index (χ0n) is 8.24. The van der Waals surface area contributed by atoms with Crippen LogP contribution >= 0.6 is 0 Å². The van der Waals surface area contributed by atoms with Crippen LogP contribution in [0.4, 0.5) is 0 Å². The molecule has 0 radical (unpaired) electrons. The first kappa shape index (κ1) is 29.7. The Kier molecular flexibility index (Phi) is 193. The van der Waals surface area contributed by atoms with Crippen LogP contribution in [0.5, 0.6) is 0 Å². The van der Waals surface area contributed by atoms with Crippen molar-refractivity contribution in [1.29, 1.82) is 0 Å². The summed E-state index contributed by atoms with van der Waals surface area (Å²) < 4.78 is 0. The van der Waals surface area contributed by atoms with Crippen molar-refractivity contribution in [2.45, 2.75) is 40.0 Å². The van der Waals surface area contributed by atoms with Gasteiger partial charge in [-0.3, -0.25) is 0 Å². The fourth-order valence-electron chi connectivity index (χ4n) is 0. The Balaban J connectivity index is -0.0000000150. The minimum atomic E-state index is 0. The van der Waals surface area contributed by atoms with Gasteiger partial charge in [-0.05, 0) is 0 Å².